The second-order valence-electron chi connectivity index (χ2n) is 3.41. The number of hydrogen-bond acceptors (Lipinski definition) is 4. The number of ether oxygens (including phenoxy) is 1. The lowest BCUT2D eigenvalue weighted by Gasteiger charge is -2.32. The molecule has 0 aliphatic carbocycles. The van der Waals surface area contributed by atoms with Gasteiger partial charge >= 0.3 is 5.97 Å². The van der Waals surface area contributed by atoms with E-state index in [2.05, 4.69) is 0 Å². The zero-order valence-electron chi connectivity index (χ0n) is 8.52. The average Bonchev–Trinajstić information content (AvgIpc) is 2.25. The monoisotopic (exact) mass is 216 g/mol. The molecule has 1 fully saturated rings. The van der Waals surface area contributed by atoms with Crippen molar-refractivity contribution in [2.24, 2.45) is 5.73 Å². The van der Waals surface area contributed by atoms with Gasteiger partial charge in [0.1, 0.15) is 0 Å². The minimum Gasteiger partial charge on any atom is -0.480 e. The number of carbonyl (C=O) groups is 2. The Kier molecular flexibility index (Phi) is 4.51. The second kappa shape index (κ2) is 5.67. The molecule has 0 aromatic rings. The number of carboxylic acids is 1. The van der Waals surface area contributed by atoms with Crippen LogP contribution < -0.4 is 5.73 Å². The van der Waals surface area contributed by atoms with E-state index in [-0.39, 0.29) is 12.5 Å². The number of carboxylic acid groups (broad SMARTS) is 1. The van der Waals surface area contributed by atoms with Crippen molar-refractivity contribution >= 4 is 11.9 Å². The molecular weight excluding hydrogens is 200 g/mol. The predicted octanol–water partition coefficient (Wildman–Crippen LogP) is -0.963. The Morgan fingerprint density at radius 1 is 1.53 bits per heavy atom. The van der Waals surface area contributed by atoms with E-state index in [0.717, 1.165) is 0 Å². The van der Waals surface area contributed by atoms with Crippen LogP contribution in [0.3, 0.4) is 0 Å². The fourth-order valence-electron chi connectivity index (χ4n) is 1.50. The number of nitrogens with zero attached hydrogens (tertiary/aromatic N) is 1. The summed E-state index contributed by atoms with van der Waals surface area (Å²) in [6.07, 6.45) is 0.892. The summed E-state index contributed by atoms with van der Waals surface area (Å²) in [5.41, 5.74) is 5.29. The maximum Gasteiger partial charge on any atom is 0.328 e. The molecule has 0 bridgehead atoms. The molecule has 1 atom stereocenters. The predicted molar refractivity (Wildman–Crippen MR) is 52.2 cm³/mol. The first kappa shape index (κ1) is 11.9. The highest BCUT2D eigenvalue weighted by Crippen LogP contribution is 2.09. The van der Waals surface area contributed by atoms with Crippen molar-refractivity contribution in [2.45, 2.75) is 18.9 Å². The molecule has 0 aromatic carbocycles. The Bertz CT molecular complexity index is 244. The molecule has 1 aliphatic rings. The molecule has 6 heteroatoms. The van der Waals surface area contributed by atoms with Crippen molar-refractivity contribution in [3.63, 3.8) is 0 Å². The first-order valence-electron chi connectivity index (χ1n) is 4.97. The van der Waals surface area contributed by atoms with Crippen LogP contribution in [0.1, 0.15) is 12.8 Å². The van der Waals surface area contributed by atoms with Crippen molar-refractivity contribution in [1.29, 1.82) is 0 Å². The molecule has 1 heterocycles. The normalized spacial score (nSPS) is 21.4. The van der Waals surface area contributed by atoms with Gasteiger partial charge in [-0.2, -0.15) is 0 Å². The Morgan fingerprint density at radius 2 is 2.27 bits per heavy atom. The van der Waals surface area contributed by atoms with Crippen LogP contribution in [0.25, 0.3) is 0 Å². The zero-order valence-corrected chi connectivity index (χ0v) is 8.52. The van der Waals surface area contributed by atoms with Gasteiger partial charge in [0.2, 0.25) is 5.91 Å². The molecule has 15 heavy (non-hydrogen) atoms. The highest BCUT2D eigenvalue weighted by atomic mass is 16.5. The van der Waals surface area contributed by atoms with Crippen molar-refractivity contribution in [1.82, 2.24) is 4.90 Å². The van der Waals surface area contributed by atoms with Gasteiger partial charge in [0.25, 0.3) is 0 Å². The van der Waals surface area contributed by atoms with Gasteiger partial charge in [-0.05, 0) is 13.0 Å². The van der Waals surface area contributed by atoms with Gasteiger partial charge < -0.3 is 20.5 Å². The standard InChI is InChI=1S/C9H16N2O4/c10-3-1-2-8(12)11-4-5-15-6-7(11)9(13)14/h7H,1-6,10H2,(H,13,14). The van der Waals surface area contributed by atoms with Crippen LogP contribution in [0.4, 0.5) is 0 Å². The van der Waals surface area contributed by atoms with Gasteiger partial charge in [0, 0.05) is 13.0 Å². The fraction of sp³-hybridized carbons (Fsp3) is 0.778. The van der Waals surface area contributed by atoms with Gasteiger partial charge in [-0.15, -0.1) is 0 Å². The van der Waals surface area contributed by atoms with Gasteiger partial charge in [-0.25, -0.2) is 4.79 Å². The molecule has 0 aromatic heterocycles. The summed E-state index contributed by atoms with van der Waals surface area (Å²) in [5, 5.41) is 8.88. The summed E-state index contributed by atoms with van der Waals surface area (Å²) in [5.74, 6) is -1.17. The van der Waals surface area contributed by atoms with E-state index in [1.165, 1.54) is 4.90 Å². The molecule has 6 nitrogen and oxygen atoms in total. The Labute approximate surface area is 88.0 Å². The average molecular weight is 216 g/mol. The number of amides is 1. The van der Waals surface area contributed by atoms with Crippen LogP contribution in [-0.4, -0.2) is 54.2 Å². The van der Waals surface area contributed by atoms with Crippen molar-refractivity contribution in [3.05, 3.63) is 0 Å². The third-order valence-corrected chi connectivity index (χ3v) is 2.33. The lowest BCUT2D eigenvalue weighted by Crippen LogP contribution is -2.52. The van der Waals surface area contributed by atoms with Gasteiger partial charge in [-0.1, -0.05) is 0 Å². The minimum atomic E-state index is -1.02. The molecular formula is C9H16N2O4. The van der Waals surface area contributed by atoms with E-state index in [1.54, 1.807) is 0 Å². The molecule has 1 saturated heterocycles. The van der Waals surface area contributed by atoms with E-state index in [0.29, 0.717) is 32.5 Å². The van der Waals surface area contributed by atoms with Crippen LogP contribution in [0, 0.1) is 0 Å². The molecule has 0 radical (unpaired) electrons. The fourth-order valence-corrected chi connectivity index (χ4v) is 1.50. The molecule has 0 saturated carbocycles. The molecule has 86 valence electrons. The highest BCUT2D eigenvalue weighted by Gasteiger charge is 2.31. The Balaban J connectivity index is 2.55. The van der Waals surface area contributed by atoms with Crippen LogP contribution in [0.15, 0.2) is 0 Å². The molecule has 0 spiro atoms. The number of carbonyl (C=O) groups excluding carboxylic acids is 1. The van der Waals surface area contributed by atoms with Crippen molar-refractivity contribution in [3.8, 4) is 0 Å². The highest BCUT2D eigenvalue weighted by molar-refractivity contribution is 5.83. The minimum absolute atomic E-state index is 0.0731. The largest absolute Gasteiger partial charge is 0.480 e. The second-order valence-corrected chi connectivity index (χ2v) is 3.41. The van der Waals surface area contributed by atoms with Gasteiger partial charge in [0.15, 0.2) is 6.04 Å². The van der Waals surface area contributed by atoms with Crippen molar-refractivity contribution in [2.75, 3.05) is 26.3 Å². The zero-order chi connectivity index (χ0) is 11.3. The molecule has 1 aliphatic heterocycles. The topological polar surface area (TPSA) is 92.9 Å². The smallest absolute Gasteiger partial charge is 0.328 e. The van der Waals surface area contributed by atoms with Crippen LogP contribution in [0.5, 0.6) is 0 Å². The number of hydrogen-bond donors (Lipinski definition) is 2. The number of aliphatic carboxylic acids is 1. The van der Waals surface area contributed by atoms with E-state index in [9.17, 15) is 9.59 Å². The molecule has 1 amide bonds. The lowest BCUT2D eigenvalue weighted by molar-refractivity contribution is -0.158. The Morgan fingerprint density at radius 3 is 2.87 bits per heavy atom. The van der Waals surface area contributed by atoms with Gasteiger partial charge in [-0.3, -0.25) is 4.79 Å². The number of morpholine rings is 1. The third-order valence-electron chi connectivity index (χ3n) is 2.33. The summed E-state index contributed by atoms with van der Waals surface area (Å²) in [6.45, 7) is 1.26. The number of nitrogens with two attached hydrogens (primary N) is 1. The lowest BCUT2D eigenvalue weighted by atomic mass is 10.2. The van der Waals surface area contributed by atoms with E-state index in [4.69, 9.17) is 15.6 Å². The number of rotatable bonds is 4. The first-order chi connectivity index (χ1) is 7.16. The summed E-state index contributed by atoms with van der Waals surface area (Å²) < 4.78 is 5.03. The summed E-state index contributed by atoms with van der Waals surface area (Å²) in [4.78, 5) is 23.8. The van der Waals surface area contributed by atoms with E-state index >= 15 is 0 Å². The molecule has 3 N–H and O–H groups in total. The van der Waals surface area contributed by atoms with Crippen LogP contribution >= 0.6 is 0 Å². The molecule has 1 unspecified atom stereocenters. The van der Waals surface area contributed by atoms with E-state index in [1.807, 2.05) is 0 Å². The van der Waals surface area contributed by atoms with Gasteiger partial charge in [0.05, 0.1) is 13.2 Å². The third kappa shape index (κ3) is 3.17. The van der Waals surface area contributed by atoms with E-state index < -0.39 is 12.0 Å². The Hall–Kier alpha value is -1.14. The van der Waals surface area contributed by atoms with Crippen LogP contribution in [-0.2, 0) is 14.3 Å². The summed E-state index contributed by atoms with van der Waals surface area (Å²) in [7, 11) is 0. The summed E-state index contributed by atoms with van der Waals surface area (Å²) >= 11 is 0. The first-order valence-corrected chi connectivity index (χ1v) is 4.97. The molecule has 1 rings (SSSR count). The quantitative estimate of drug-likeness (QED) is 0.631. The van der Waals surface area contributed by atoms with Crippen LogP contribution in [0.2, 0.25) is 0 Å². The maximum atomic E-state index is 11.6. The van der Waals surface area contributed by atoms with Crippen molar-refractivity contribution < 1.29 is 19.4 Å². The summed E-state index contributed by atoms with van der Waals surface area (Å²) in [6, 6.07) is -0.843. The maximum absolute atomic E-state index is 11.6. The SMILES string of the molecule is NCCCC(=O)N1CCOCC1C(=O)O.